The maximum absolute atomic E-state index is 12.4. The third-order valence-electron chi connectivity index (χ3n) is 5.21. The lowest BCUT2D eigenvalue weighted by molar-refractivity contribution is -0.156. The van der Waals surface area contributed by atoms with Crippen molar-refractivity contribution in [3.63, 3.8) is 0 Å². The molecular formula is C28H43NO10. The third kappa shape index (κ3) is 12.4. The van der Waals surface area contributed by atoms with Crippen molar-refractivity contribution in [3.8, 4) is 11.5 Å². The summed E-state index contributed by atoms with van der Waals surface area (Å²) in [5.74, 6) is -2.40. The number of carbonyl (C=O) groups excluding carboxylic acids is 3. The minimum Gasteiger partial charge on any atom is -0.480 e. The highest BCUT2D eigenvalue weighted by atomic mass is 16.8. The summed E-state index contributed by atoms with van der Waals surface area (Å²) in [6, 6.07) is 4.14. The summed E-state index contributed by atoms with van der Waals surface area (Å²) in [5, 5.41) is 9.94. The summed E-state index contributed by atoms with van der Waals surface area (Å²) in [6.45, 7) is 15.2. The molecule has 0 aliphatic heterocycles. The minimum absolute atomic E-state index is 0.149. The first-order chi connectivity index (χ1) is 17.7. The Hall–Kier alpha value is -3.34. The van der Waals surface area contributed by atoms with E-state index in [4.69, 9.17) is 29.4 Å². The van der Waals surface area contributed by atoms with E-state index in [9.17, 15) is 24.3 Å². The van der Waals surface area contributed by atoms with Crippen LogP contribution in [0.15, 0.2) is 18.2 Å². The van der Waals surface area contributed by atoms with Crippen LogP contribution in [0.5, 0.6) is 11.5 Å². The number of aliphatic carboxylic acids is 1. The summed E-state index contributed by atoms with van der Waals surface area (Å²) in [4.78, 5) is 49.1. The molecule has 3 N–H and O–H groups in total. The number of carboxylic acids is 1. The van der Waals surface area contributed by atoms with Crippen LogP contribution in [0.3, 0.4) is 0 Å². The highest BCUT2D eigenvalue weighted by Crippen LogP contribution is 2.32. The molecule has 0 aliphatic carbocycles. The standard InChI is InChI=1S/C28H43NO10/c1-10-11-17(2)22(30)35-18(3)15-28(29,23(31)32)16-19-12-13-20(36-24(33)38-26(4,5)6)21(14-19)37-25(34)39-27(7,8)9/h12-14,17-18H,10-11,15-16,29H2,1-9H3,(H,31,32)/t17?,18-,28?/m0/s1. The van der Waals surface area contributed by atoms with E-state index in [0.717, 1.165) is 6.42 Å². The number of carbonyl (C=O) groups is 4. The maximum atomic E-state index is 12.4. The van der Waals surface area contributed by atoms with Gasteiger partial charge in [0.25, 0.3) is 0 Å². The van der Waals surface area contributed by atoms with Gasteiger partial charge in [-0.2, -0.15) is 0 Å². The number of ether oxygens (including phenoxy) is 5. The van der Waals surface area contributed by atoms with Crippen molar-refractivity contribution in [3.05, 3.63) is 23.8 Å². The topological polar surface area (TPSA) is 161 Å². The lowest BCUT2D eigenvalue weighted by Crippen LogP contribution is -2.52. The lowest BCUT2D eigenvalue weighted by Gasteiger charge is -2.28. The molecular weight excluding hydrogens is 510 g/mol. The average Bonchev–Trinajstić information content (AvgIpc) is 2.72. The van der Waals surface area contributed by atoms with Gasteiger partial charge in [-0.15, -0.1) is 0 Å². The molecule has 0 spiro atoms. The van der Waals surface area contributed by atoms with Crippen LogP contribution in [0.1, 0.15) is 87.1 Å². The van der Waals surface area contributed by atoms with Crippen molar-refractivity contribution >= 4 is 24.2 Å². The Morgan fingerprint density at radius 2 is 1.41 bits per heavy atom. The van der Waals surface area contributed by atoms with Crippen LogP contribution in [-0.4, -0.2) is 52.2 Å². The van der Waals surface area contributed by atoms with Crippen molar-refractivity contribution < 1.29 is 48.0 Å². The largest absolute Gasteiger partial charge is 0.514 e. The van der Waals surface area contributed by atoms with Crippen molar-refractivity contribution in [1.29, 1.82) is 0 Å². The van der Waals surface area contributed by atoms with E-state index in [1.54, 1.807) is 55.4 Å². The predicted octanol–water partition coefficient (Wildman–Crippen LogP) is 5.40. The summed E-state index contributed by atoms with van der Waals surface area (Å²) >= 11 is 0. The van der Waals surface area contributed by atoms with Crippen molar-refractivity contribution in [2.75, 3.05) is 0 Å². The first-order valence-electron chi connectivity index (χ1n) is 12.9. The second kappa shape index (κ2) is 13.6. The molecule has 0 heterocycles. The van der Waals surface area contributed by atoms with E-state index in [0.29, 0.717) is 12.0 Å². The SMILES string of the molecule is CCCC(C)C(=O)O[C@@H](C)CC(N)(Cc1ccc(OC(=O)OC(C)(C)C)c(OC(=O)OC(C)(C)C)c1)C(=O)O. The van der Waals surface area contributed by atoms with Crippen LogP contribution in [-0.2, 0) is 30.2 Å². The maximum Gasteiger partial charge on any atom is 0.514 e. The molecule has 3 atom stereocenters. The Morgan fingerprint density at radius 3 is 1.87 bits per heavy atom. The van der Waals surface area contributed by atoms with Crippen LogP contribution >= 0.6 is 0 Å². The summed E-state index contributed by atoms with van der Waals surface area (Å²) in [7, 11) is 0. The number of carboxylic acid groups (broad SMARTS) is 1. The van der Waals surface area contributed by atoms with Gasteiger partial charge < -0.3 is 34.5 Å². The van der Waals surface area contributed by atoms with Crippen LogP contribution in [0.25, 0.3) is 0 Å². The molecule has 11 nitrogen and oxygen atoms in total. The van der Waals surface area contributed by atoms with Gasteiger partial charge in [-0.05, 0) is 72.6 Å². The highest BCUT2D eigenvalue weighted by molar-refractivity contribution is 5.79. The molecule has 0 amide bonds. The molecule has 2 unspecified atom stereocenters. The third-order valence-corrected chi connectivity index (χ3v) is 5.21. The van der Waals surface area contributed by atoms with Gasteiger partial charge in [-0.3, -0.25) is 9.59 Å². The Morgan fingerprint density at radius 1 is 0.897 bits per heavy atom. The predicted molar refractivity (Wildman–Crippen MR) is 143 cm³/mol. The number of nitrogens with two attached hydrogens (primary N) is 1. The number of hydrogen-bond donors (Lipinski definition) is 2. The fourth-order valence-corrected chi connectivity index (χ4v) is 3.57. The van der Waals surface area contributed by atoms with Gasteiger partial charge in [0.2, 0.25) is 0 Å². The zero-order chi connectivity index (χ0) is 30.2. The Kier molecular flexibility index (Phi) is 11.8. The van der Waals surface area contributed by atoms with E-state index in [1.165, 1.54) is 18.2 Å². The van der Waals surface area contributed by atoms with Crippen LogP contribution in [0, 0.1) is 5.92 Å². The molecule has 220 valence electrons. The van der Waals surface area contributed by atoms with Crippen LogP contribution in [0.4, 0.5) is 9.59 Å². The zero-order valence-corrected chi connectivity index (χ0v) is 24.4. The molecule has 0 saturated heterocycles. The van der Waals surface area contributed by atoms with Gasteiger partial charge in [0.15, 0.2) is 11.5 Å². The first-order valence-corrected chi connectivity index (χ1v) is 12.9. The van der Waals surface area contributed by atoms with E-state index >= 15 is 0 Å². The quantitative estimate of drug-likeness (QED) is 0.205. The molecule has 0 radical (unpaired) electrons. The van der Waals surface area contributed by atoms with Crippen LogP contribution in [0.2, 0.25) is 0 Å². The average molecular weight is 554 g/mol. The van der Waals surface area contributed by atoms with Gasteiger partial charge in [0.05, 0.1) is 5.92 Å². The number of benzene rings is 1. The molecule has 0 bridgehead atoms. The Balaban J connectivity index is 3.24. The van der Waals surface area contributed by atoms with Crippen molar-refractivity contribution in [1.82, 2.24) is 0 Å². The fourth-order valence-electron chi connectivity index (χ4n) is 3.57. The number of hydrogen-bond acceptors (Lipinski definition) is 10. The molecule has 0 aromatic heterocycles. The molecule has 1 aromatic carbocycles. The van der Waals surface area contributed by atoms with Gasteiger partial charge in [-0.25, -0.2) is 9.59 Å². The highest BCUT2D eigenvalue weighted by Gasteiger charge is 2.37. The summed E-state index contributed by atoms with van der Waals surface area (Å²) in [6.07, 6.45) is -1.80. The second-order valence-corrected chi connectivity index (χ2v) is 11.7. The summed E-state index contributed by atoms with van der Waals surface area (Å²) in [5.41, 5.74) is 3.11. The van der Waals surface area contributed by atoms with E-state index in [2.05, 4.69) is 0 Å². The smallest absolute Gasteiger partial charge is 0.480 e. The molecule has 0 fully saturated rings. The van der Waals surface area contributed by atoms with Crippen molar-refractivity contribution in [2.24, 2.45) is 11.7 Å². The molecule has 0 aliphatic rings. The fraction of sp³-hybridized carbons (Fsp3) is 0.643. The number of esters is 1. The molecule has 0 saturated carbocycles. The first kappa shape index (κ1) is 33.7. The molecule has 1 aromatic rings. The summed E-state index contributed by atoms with van der Waals surface area (Å²) < 4.78 is 26.3. The van der Waals surface area contributed by atoms with Gasteiger partial charge in [0.1, 0.15) is 22.8 Å². The Bertz CT molecular complexity index is 1020. The second-order valence-electron chi connectivity index (χ2n) is 11.7. The molecule has 1 rings (SSSR count). The monoisotopic (exact) mass is 553 g/mol. The van der Waals surface area contributed by atoms with E-state index < -0.39 is 47.1 Å². The van der Waals surface area contributed by atoms with E-state index in [-0.39, 0.29) is 30.3 Å². The minimum atomic E-state index is -1.83. The normalized spacial score (nSPS) is 14.8. The van der Waals surface area contributed by atoms with Crippen molar-refractivity contribution in [2.45, 2.75) is 111 Å². The zero-order valence-electron chi connectivity index (χ0n) is 24.4. The van der Waals surface area contributed by atoms with Gasteiger partial charge in [-0.1, -0.05) is 26.3 Å². The lowest BCUT2D eigenvalue weighted by atomic mass is 9.86. The Labute approximate surface area is 230 Å². The van der Waals surface area contributed by atoms with Crippen LogP contribution < -0.4 is 15.2 Å². The number of rotatable bonds is 11. The van der Waals surface area contributed by atoms with E-state index in [1.807, 2.05) is 6.92 Å². The molecule has 11 heteroatoms. The van der Waals surface area contributed by atoms with Gasteiger partial charge >= 0.3 is 24.2 Å². The van der Waals surface area contributed by atoms with Gasteiger partial charge in [0, 0.05) is 12.8 Å². The molecule has 39 heavy (non-hydrogen) atoms.